The molecule has 0 spiro atoms. The Balaban J connectivity index is 1.46. The third kappa shape index (κ3) is 4.63. The lowest BCUT2D eigenvalue weighted by Crippen LogP contribution is -2.30. The number of benzene rings is 3. The van der Waals surface area contributed by atoms with Crippen LogP contribution in [0.2, 0.25) is 0 Å². The summed E-state index contributed by atoms with van der Waals surface area (Å²) in [7, 11) is -2.07. The highest BCUT2D eigenvalue weighted by Gasteiger charge is 2.21. The van der Waals surface area contributed by atoms with Crippen LogP contribution in [0.15, 0.2) is 71.6 Å². The van der Waals surface area contributed by atoms with Crippen LogP contribution in [0.1, 0.15) is 16.7 Å². The van der Waals surface area contributed by atoms with Gasteiger partial charge >= 0.3 is 0 Å². The minimum Gasteiger partial charge on any atom is -0.497 e. The van der Waals surface area contributed by atoms with E-state index in [1.54, 1.807) is 19.2 Å². The first-order chi connectivity index (χ1) is 14.4. The molecule has 0 unspecified atom stereocenters. The van der Waals surface area contributed by atoms with Gasteiger partial charge in [-0.2, -0.15) is 0 Å². The summed E-state index contributed by atoms with van der Waals surface area (Å²) in [6.45, 7) is 2.45. The van der Waals surface area contributed by atoms with Gasteiger partial charge in [-0.05, 0) is 71.6 Å². The predicted octanol–water partition coefficient (Wildman–Crippen LogP) is 4.19. The maximum absolute atomic E-state index is 13.0. The monoisotopic (exact) mass is 426 g/mol. The number of hydrogen-bond donors (Lipinski definition) is 1. The van der Waals surface area contributed by atoms with Crippen molar-refractivity contribution in [3.8, 4) is 5.75 Å². The minimum absolute atomic E-state index is 0.217. The second-order valence-electron chi connectivity index (χ2n) is 7.35. The lowest BCUT2D eigenvalue weighted by Gasteiger charge is -2.29. The quantitative estimate of drug-likeness (QED) is 0.642. The second kappa shape index (κ2) is 8.45. The lowest BCUT2D eigenvalue weighted by molar-refractivity contribution is 0.245. The van der Waals surface area contributed by atoms with Gasteiger partial charge < -0.3 is 4.74 Å². The van der Waals surface area contributed by atoms with Crippen molar-refractivity contribution in [2.75, 3.05) is 18.4 Å². The summed E-state index contributed by atoms with van der Waals surface area (Å²) in [6.07, 6.45) is 0.783. The Kier molecular flexibility index (Phi) is 5.74. The summed E-state index contributed by atoms with van der Waals surface area (Å²) in [4.78, 5) is 2.56. The molecule has 0 saturated heterocycles. The van der Waals surface area contributed by atoms with E-state index < -0.39 is 15.8 Å². The Morgan fingerprint density at radius 3 is 2.43 bits per heavy atom. The summed E-state index contributed by atoms with van der Waals surface area (Å²) in [5.74, 6) is 0.427. The number of ether oxygens (including phenoxy) is 1. The minimum atomic E-state index is -3.73. The molecule has 0 saturated carbocycles. The van der Waals surface area contributed by atoms with Gasteiger partial charge in [0.1, 0.15) is 11.6 Å². The van der Waals surface area contributed by atoms with E-state index in [-0.39, 0.29) is 4.90 Å². The van der Waals surface area contributed by atoms with Crippen LogP contribution in [0, 0.1) is 5.82 Å². The molecule has 1 heterocycles. The standard InChI is InChI=1S/C23H23FN2O3S/c1-29-22-9-2-17(3-10-22)15-26-13-12-18-14-23(11-4-19(18)16-26)30(27,28)25-21-7-5-20(24)6-8-21/h2-11,14,25H,12-13,15-16H2,1H3. The van der Waals surface area contributed by atoms with Gasteiger partial charge in [-0.1, -0.05) is 18.2 Å². The highest BCUT2D eigenvalue weighted by atomic mass is 32.2. The molecule has 0 fully saturated rings. The van der Waals surface area contributed by atoms with Crippen LogP contribution < -0.4 is 9.46 Å². The number of hydrogen-bond acceptors (Lipinski definition) is 4. The van der Waals surface area contributed by atoms with Crippen molar-refractivity contribution >= 4 is 15.7 Å². The van der Waals surface area contributed by atoms with Crippen LogP contribution in [0.5, 0.6) is 5.75 Å². The molecule has 0 atom stereocenters. The number of halogens is 1. The number of methoxy groups -OCH3 is 1. The van der Waals surface area contributed by atoms with Gasteiger partial charge in [-0.15, -0.1) is 0 Å². The van der Waals surface area contributed by atoms with Crippen LogP contribution >= 0.6 is 0 Å². The van der Waals surface area contributed by atoms with Gasteiger partial charge in [-0.3, -0.25) is 9.62 Å². The van der Waals surface area contributed by atoms with Crippen LogP contribution in [0.4, 0.5) is 10.1 Å². The van der Waals surface area contributed by atoms with Crippen molar-refractivity contribution in [2.45, 2.75) is 24.4 Å². The molecule has 7 heteroatoms. The van der Waals surface area contributed by atoms with Gasteiger partial charge in [0.15, 0.2) is 0 Å². The van der Waals surface area contributed by atoms with Crippen LogP contribution in [0.3, 0.4) is 0 Å². The fourth-order valence-corrected chi connectivity index (χ4v) is 4.72. The Bertz CT molecular complexity index is 1130. The third-order valence-electron chi connectivity index (χ3n) is 5.24. The second-order valence-corrected chi connectivity index (χ2v) is 9.03. The van der Waals surface area contributed by atoms with E-state index >= 15 is 0 Å². The average molecular weight is 427 g/mol. The van der Waals surface area contributed by atoms with Gasteiger partial charge in [0, 0.05) is 25.3 Å². The molecule has 3 aromatic rings. The van der Waals surface area contributed by atoms with E-state index in [1.165, 1.54) is 29.8 Å². The van der Waals surface area contributed by atoms with Crippen molar-refractivity contribution in [3.63, 3.8) is 0 Å². The van der Waals surface area contributed by atoms with E-state index in [2.05, 4.69) is 21.8 Å². The SMILES string of the molecule is COc1ccc(CN2CCc3cc(S(=O)(=O)Nc4ccc(F)cc4)ccc3C2)cc1. The van der Waals surface area contributed by atoms with E-state index in [0.29, 0.717) is 5.69 Å². The van der Waals surface area contributed by atoms with Gasteiger partial charge in [0.25, 0.3) is 10.0 Å². The van der Waals surface area contributed by atoms with Crippen LogP contribution in [0.25, 0.3) is 0 Å². The zero-order valence-corrected chi connectivity index (χ0v) is 17.5. The third-order valence-corrected chi connectivity index (χ3v) is 6.62. The van der Waals surface area contributed by atoms with E-state index in [1.807, 2.05) is 18.2 Å². The molecule has 0 radical (unpaired) electrons. The Labute approximate surface area is 176 Å². The zero-order valence-electron chi connectivity index (χ0n) is 16.6. The van der Waals surface area contributed by atoms with Gasteiger partial charge in [0.2, 0.25) is 0 Å². The molecule has 1 N–H and O–H groups in total. The van der Waals surface area contributed by atoms with Crippen molar-refractivity contribution in [1.82, 2.24) is 4.90 Å². The molecule has 3 aromatic carbocycles. The first-order valence-corrected chi connectivity index (χ1v) is 11.2. The topological polar surface area (TPSA) is 58.6 Å². The van der Waals surface area contributed by atoms with Gasteiger partial charge in [-0.25, -0.2) is 12.8 Å². The maximum atomic E-state index is 13.0. The highest BCUT2D eigenvalue weighted by Crippen LogP contribution is 2.25. The number of nitrogens with zero attached hydrogens (tertiary/aromatic N) is 1. The molecule has 30 heavy (non-hydrogen) atoms. The van der Waals surface area contributed by atoms with Crippen LogP contribution in [-0.4, -0.2) is 27.0 Å². The molecule has 5 nitrogen and oxygen atoms in total. The first kappa shape index (κ1) is 20.4. The van der Waals surface area contributed by atoms with Crippen molar-refractivity contribution in [2.24, 2.45) is 0 Å². The lowest BCUT2D eigenvalue weighted by atomic mass is 9.99. The van der Waals surface area contributed by atoms with E-state index in [9.17, 15) is 12.8 Å². The van der Waals surface area contributed by atoms with Crippen molar-refractivity contribution in [1.29, 1.82) is 0 Å². The summed E-state index contributed by atoms with van der Waals surface area (Å²) in [6, 6.07) is 18.5. The smallest absolute Gasteiger partial charge is 0.261 e. The fourth-order valence-electron chi connectivity index (χ4n) is 3.61. The van der Waals surface area contributed by atoms with E-state index in [4.69, 9.17) is 4.74 Å². The summed E-state index contributed by atoms with van der Waals surface area (Å²) in [5, 5.41) is 0. The van der Waals surface area contributed by atoms with Crippen molar-refractivity contribution < 1.29 is 17.5 Å². The normalized spacial score (nSPS) is 14.2. The molecule has 0 amide bonds. The van der Waals surface area contributed by atoms with Gasteiger partial charge in [0.05, 0.1) is 12.0 Å². The van der Waals surface area contributed by atoms with Crippen LogP contribution in [-0.2, 0) is 29.5 Å². The Hall–Kier alpha value is -2.90. The number of rotatable bonds is 6. The molecule has 0 aliphatic carbocycles. The molecule has 0 bridgehead atoms. The predicted molar refractivity (Wildman–Crippen MR) is 114 cm³/mol. The number of fused-ring (bicyclic) bond motifs is 1. The molecule has 156 valence electrons. The highest BCUT2D eigenvalue weighted by molar-refractivity contribution is 7.92. The molecular weight excluding hydrogens is 403 g/mol. The fraction of sp³-hybridized carbons (Fsp3) is 0.217. The number of anilines is 1. The van der Waals surface area contributed by atoms with E-state index in [0.717, 1.165) is 42.9 Å². The average Bonchev–Trinajstić information content (AvgIpc) is 2.75. The largest absolute Gasteiger partial charge is 0.497 e. The first-order valence-electron chi connectivity index (χ1n) is 9.68. The molecule has 0 aromatic heterocycles. The zero-order chi connectivity index (χ0) is 21.1. The molecule has 4 rings (SSSR count). The summed E-state index contributed by atoms with van der Waals surface area (Å²) < 4.78 is 46.2. The molecular formula is C23H23FN2O3S. The van der Waals surface area contributed by atoms with Crippen molar-refractivity contribution in [3.05, 3.63) is 89.2 Å². The number of sulfonamides is 1. The number of nitrogens with one attached hydrogen (secondary N) is 1. The maximum Gasteiger partial charge on any atom is 0.261 e. The molecule has 1 aliphatic rings. The Morgan fingerprint density at radius 1 is 1.00 bits per heavy atom. The summed E-state index contributed by atoms with van der Waals surface area (Å²) in [5.41, 5.74) is 3.72. The molecule has 1 aliphatic heterocycles. The summed E-state index contributed by atoms with van der Waals surface area (Å²) >= 11 is 0. The Morgan fingerprint density at radius 2 is 1.73 bits per heavy atom.